The molecule has 0 spiro atoms. The summed E-state index contributed by atoms with van der Waals surface area (Å²) >= 11 is 1.36. The summed E-state index contributed by atoms with van der Waals surface area (Å²) in [6, 6.07) is 19.0. The average molecular weight is 374 g/mol. The predicted octanol–water partition coefficient (Wildman–Crippen LogP) is 3.73. The Morgan fingerprint density at radius 3 is 2.70 bits per heavy atom. The largest absolute Gasteiger partial charge is 0.497 e. The minimum Gasteiger partial charge on any atom is -0.497 e. The summed E-state index contributed by atoms with van der Waals surface area (Å²) in [6.07, 6.45) is 1.77. The minimum absolute atomic E-state index is 0.0777. The lowest BCUT2D eigenvalue weighted by molar-refractivity contribution is 0.415. The molecule has 0 bridgehead atoms. The van der Waals surface area contributed by atoms with Crippen LogP contribution in [0.15, 0.2) is 69.9 Å². The van der Waals surface area contributed by atoms with Gasteiger partial charge in [0.2, 0.25) is 0 Å². The lowest BCUT2D eigenvalue weighted by Gasteiger charge is -2.00. The molecule has 0 N–H and O–H groups in total. The number of hydrogen-bond acceptors (Lipinski definition) is 5. The van der Waals surface area contributed by atoms with Crippen molar-refractivity contribution in [3.8, 4) is 17.1 Å². The molecule has 0 aliphatic carbocycles. The van der Waals surface area contributed by atoms with Crippen molar-refractivity contribution in [2.75, 3.05) is 7.11 Å². The maximum Gasteiger partial charge on any atom is 0.275 e. The van der Waals surface area contributed by atoms with Gasteiger partial charge in [-0.05, 0) is 48.5 Å². The molecule has 3 aromatic heterocycles. The summed E-state index contributed by atoms with van der Waals surface area (Å²) in [5, 5.41) is 0. The molecule has 0 atom stereocenters. The van der Waals surface area contributed by atoms with Crippen molar-refractivity contribution in [1.29, 1.82) is 0 Å². The van der Waals surface area contributed by atoms with E-state index in [1.54, 1.807) is 17.6 Å². The SMILES string of the molecule is COc1ccc(-c2ccc(C=c3sc4nc5ccccc5n4c3=O)o2)cc1. The zero-order chi connectivity index (χ0) is 18.4. The van der Waals surface area contributed by atoms with Crippen molar-refractivity contribution in [2.45, 2.75) is 0 Å². The number of fused-ring (bicyclic) bond motifs is 3. The van der Waals surface area contributed by atoms with Crippen molar-refractivity contribution in [3.63, 3.8) is 0 Å². The first-order valence-electron chi connectivity index (χ1n) is 8.39. The molecule has 0 radical (unpaired) electrons. The third-order valence-electron chi connectivity index (χ3n) is 4.42. The van der Waals surface area contributed by atoms with E-state index in [2.05, 4.69) is 4.98 Å². The molecule has 6 heteroatoms. The van der Waals surface area contributed by atoms with E-state index in [1.807, 2.05) is 60.7 Å². The fourth-order valence-electron chi connectivity index (χ4n) is 3.08. The second-order valence-corrected chi connectivity index (χ2v) is 7.07. The van der Waals surface area contributed by atoms with Crippen LogP contribution >= 0.6 is 11.3 Å². The van der Waals surface area contributed by atoms with Crippen LogP contribution in [0.5, 0.6) is 5.75 Å². The van der Waals surface area contributed by atoms with Crippen LogP contribution in [0.2, 0.25) is 0 Å². The molecule has 27 heavy (non-hydrogen) atoms. The van der Waals surface area contributed by atoms with E-state index in [4.69, 9.17) is 9.15 Å². The average Bonchev–Trinajstić information content (AvgIpc) is 3.38. The van der Waals surface area contributed by atoms with Crippen LogP contribution in [0, 0.1) is 0 Å². The van der Waals surface area contributed by atoms with Gasteiger partial charge in [0.15, 0.2) is 4.96 Å². The van der Waals surface area contributed by atoms with E-state index < -0.39 is 0 Å². The topological polar surface area (TPSA) is 56.7 Å². The Kier molecular flexibility index (Phi) is 3.58. The number of ether oxygens (including phenoxy) is 1. The van der Waals surface area contributed by atoms with Crippen LogP contribution in [0.3, 0.4) is 0 Å². The number of methoxy groups -OCH3 is 1. The van der Waals surface area contributed by atoms with E-state index in [1.165, 1.54) is 11.3 Å². The number of furan rings is 1. The molecule has 0 aliphatic rings. The Morgan fingerprint density at radius 2 is 1.89 bits per heavy atom. The van der Waals surface area contributed by atoms with E-state index in [9.17, 15) is 4.79 Å². The second kappa shape index (κ2) is 6.10. The maximum absolute atomic E-state index is 12.8. The second-order valence-electron chi connectivity index (χ2n) is 6.06. The standard InChI is InChI=1S/C21H14N2O3S/c1-25-14-8-6-13(7-9-14)18-11-10-15(26-18)12-19-20(24)23-17-5-3-2-4-16(17)22-21(23)27-19/h2-12H,1H3. The zero-order valence-corrected chi connectivity index (χ0v) is 15.2. The summed E-state index contributed by atoms with van der Waals surface area (Å²) in [5.41, 5.74) is 2.52. The van der Waals surface area contributed by atoms with Crippen molar-refractivity contribution in [3.05, 3.63) is 81.3 Å². The van der Waals surface area contributed by atoms with Crippen molar-refractivity contribution < 1.29 is 9.15 Å². The number of nitrogens with zero attached hydrogens (tertiary/aromatic N) is 2. The highest BCUT2D eigenvalue weighted by molar-refractivity contribution is 7.15. The third kappa shape index (κ3) is 2.62. The molecule has 0 unspecified atom stereocenters. The van der Waals surface area contributed by atoms with Gasteiger partial charge in [-0.25, -0.2) is 9.38 Å². The van der Waals surface area contributed by atoms with Gasteiger partial charge in [0, 0.05) is 11.6 Å². The van der Waals surface area contributed by atoms with E-state index >= 15 is 0 Å². The Morgan fingerprint density at radius 1 is 1.07 bits per heavy atom. The molecule has 5 aromatic rings. The van der Waals surface area contributed by atoms with E-state index in [-0.39, 0.29) is 5.56 Å². The molecule has 132 valence electrons. The number of benzene rings is 2. The van der Waals surface area contributed by atoms with Crippen LogP contribution in [0.25, 0.3) is 33.4 Å². The summed E-state index contributed by atoms with van der Waals surface area (Å²) in [4.78, 5) is 18.0. The first kappa shape index (κ1) is 15.8. The molecule has 0 aliphatic heterocycles. The first-order chi connectivity index (χ1) is 13.2. The highest BCUT2D eigenvalue weighted by Crippen LogP contribution is 2.25. The lowest BCUT2D eigenvalue weighted by Crippen LogP contribution is -2.22. The number of thiazole rings is 1. The van der Waals surface area contributed by atoms with Gasteiger partial charge in [0.25, 0.3) is 5.56 Å². The fraction of sp³-hybridized carbons (Fsp3) is 0.0476. The molecular formula is C21H14N2O3S. The molecule has 0 fully saturated rings. The van der Waals surface area contributed by atoms with Gasteiger partial charge in [-0.2, -0.15) is 0 Å². The lowest BCUT2D eigenvalue weighted by atomic mass is 10.2. The Bertz CT molecular complexity index is 1380. The van der Waals surface area contributed by atoms with Crippen LogP contribution in [-0.4, -0.2) is 16.5 Å². The Labute approximate surface area is 157 Å². The van der Waals surface area contributed by atoms with Crippen molar-refractivity contribution >= 4 is 33.4 Å². The normalized spacial score (nSPS) is 12.3. The molecule has 5 rings (SSSR count). The summed E-state index contributed by atoms with van der Waals surface area (Å²) < 4.78 is 13.3. The summed E-state index contributed by atoms with van der Waals surface area (Å²) in [6.45, 7) is 0. The molecule has 5 nitrogen and oxygen atoms in total. The molecule has 3 heterocycles. The molecule has 0 saturated carbocycles. The predicted molar refractivity (Wildman–Crippen MR) is 106 cm³/mol. The highest BCUT2D eigenvalue weighted by atomic mass is 32.1. The number of hydrogen-bond donors (Lipinski definition) is 0. The highest BCUT2D eigenvalue weighted by Gasteiger charge is 2.11. The molecule has 0 amide bonds. The molecular weight excluding hydrogens is 360 g/mol. The van der Waals surface area contributed by atoms with Crippen molar-refractivity contribution in [2.24, 2.45) is 0 Å². The minimum atomic E-state index is -0.0777. The Hall–Kier alpha value is -3.38. The van der Waals surface area contributed by atoms with Gasteiger partial charge in [0.05, 0.1) is 18.1 Å². The Balaban J connectivity index is 1.58. The van der Waals surface area contributed by atoms with Crippen LogP contribution in [-0.2, 0) is 0 Å². The summed E-state index contributed by atoms with van der Waals surface area (Å²) in [5.74, 6) is 2.16. The third-order valence-corrected chi connectivity index (χ3v) is 5.39. The van der Waals surface area contributed by atoms with Crippen LogP contribution in [0.1, 0.15) is 5.76 Å². The van der Waals surface area contributed by atoms with Gasteiger partial charge >= 0.3 is 0 Å². The monoisotopic (exact) mass is 374 g/mol. The van der Waals surface area contributed by atoms with Crippen LogP contribution in [0.4, 0.5) is 0 Å². The van der Waals surface area contributed by atoms with E-state index in [0.29, 0.717) is 15.3 Å². The number of para-hydroxylation sites is 2. The van der Waals surface area contributed by atoms with Gasteiger partial charge in [-0.15, -0.1) is 0 Å². The van der Waals surface area contributed by atoms with Gasteiger partial charge in [0.1, 0.15) is 21.8 Å². The van der Waals surface area contributed by atoms with Gasteiger partial charge < -0.3 is 9.15 Å². The quantitative estimate of drug-likeness (QED) is 0.483. The fourth-order valence-corrected chi connectivity index (χ4v) is 4.05. The number of rotatable bonds is 3. The summed E-state index contributed by atoms with van der Waals surface area (Å²) in [7, 11) is 1.64. The van der Waals surface area contributed by atoms with Gasteiger partial charge in [-0.1, -0.05) is 23.5 Å². The smallest absolute Gasteiger partial charge is 0.275 e. The number of imidazole rings is 1. The number of aromatic nitrogens is 2. The van der Waals surface area contributed by atoms with Gasteiger partial charge in [-0.3, -0.25) is 4.79 Å². The van der Waals surface area contributed by atoms with Crippen LogP contribution < -0.4 is 14.8 Å². The molecule has 0 saturated heterocycles. The molecule has 2 aromatic carbocycles. The maximum atomic E-state index is 12.8. The zero-order valence-electron chi connectivity index (χ0n) is 14.4. The first-order valence-corrected chi connectivity index (χ1v) is 9.20. The van der Waals surface area contributed by atoms with Crippen molar-refractivity contribution in [1.82, 2.24) is 9.38 Å². The van der Waals surface area contributed by atoms with E-state index in [0.717, 1.165) is 28.1 Å².